The monoisotopic (exact) mass is 664 g/mol. The van der Waals surface area contributed by atoms with E-state index >= 15 is 0 Å². The van der Waals surface area contributed by atoms with E-state index in [4.69, 9.17) is 9.40 Å². The molecule has 0 aliphatic rings. The molecule has 0 aliphatic heterocycles. The predicted octanol–water partition coefficient (Wildman–Crippen LogP) is 13.8. The zero-order chi connectivity index (χ0) is 34.4. The van der Waals surface area contributed by atoms with Crippen LogP contribution in [0.25, 0.3) is 77.1 Å². The number of nitrogens with zero attached hydrogens (tertiary/aromatic N) is 2. The van der Waals surface area contributed by atoms with Crippen LogP contribution in [0.1, 0.15) is 0 Å². The summed E-state index contributed by atoms with van der Waals surface area (Å²) in [5.74, 6) is 0.613. The molecule has 244 valence electrons. The minimum Gasteiger partial charge on any atom is -0.435 e. The van der Waals surface area contributed by atoms with E-state index in [9.17, 15) is 0 Å². The molecule has 1 heterocycles. The van der Waals surface area contributed by atoms with E-state index in [-0.39, 0.29) is 0 Å². The highest BCUT2D eigenvalue weighted by Crippen LogP contribution is 2.46. The Bertz CT molecular complexity index is 2910. The number of anilines is 3. The van der Waals surface area contributed by atoms with Crippen molar-refractivity contribution in [1.29, 1.82) is 0 Å². The number of rotatable bonds is 6. The Kier molecular flexibility index (Phi) is 7.14. The number of oxazole rings is 1. The van der Waals surface area contributed by atoms with Gasteiger partial charge in [-0.1, -0.05) is 146 Å². The summed E-state index contributed by atoms with van der Waals surface area (Å²) >= 11 is 0. The molecule has 0 aliphatic carbocycles. The van der Waals surface area contributed by atoms with Gasteiger partial charge >= 0.3 is 0 Å². The van der Waals surface area contributed by atoms with Crippen molar-refractivity contribution in [3.8, 4) is 33.7 Å². The molecule has 0 N–H and O–H groups in total. The van der Waals surface area contributed by atoms with Crippen LogP contribution in [-0.4, -0.2) is 4.98 Å². The minimum atomic E-state index is 0.613. The van der Waals surface area contributed by atoms with Crippen molar-refractivity contribution >= 4 is 60.5 Å². The molecule has 1 aromatic heterocycles. The van der Waals surface area contributed by atoms with Crippen LogP contribution < -0.4 is 4.90 Å². The summed E-state index contributed by atoms with van der Waals surface area (Å²) in [6.07, 6.45) is 0. The molecule has 3 heteroatoms. The van der Waals surface area contributed by atoms with Crippen molar-refractivity contribution in [2.75, 3.05) is 4.90 Å². The van der Waals surface area contributed by atoms with Gasteiger partial charge in [0.2, 0.25) is 5.89 Å². The Labute approximate surface area is 301 Å². The molecule has 0 amide bonds. The molecule has 10 aromatic rings. The van der Waals surface area contributed by atoms with Gasteiger partial charge in [-0.3, -0.25) is 0 Å². The number of hydrogen-bond acceptors (Lipinski definition) is 3. The highest BCUT2D eigenvalue weighted by Gasteiger charge is 2.22. The van der Waals surface area contributed by atoms with E-state index in [2.05, 4.69) is 169 Å². The molecular formula is C49H32N2O. The lowest BCUT2D eigenvalue weighted by Crippen LogP contribution is -2.11. The Morgan fingerprint density at radius 1 is 0.385 bits per heavy atom. The van der Waals surface area contributed by atoms with Crippen LogP contribution >= 0.6 is 0 Å². The first-order valence-corrected chi connectivity index (χ1v) is 17.6. The van der Waals surface area contributed by atoms with Crippen LogP contribution in [0.3, 0.4) is 0 Å². The average Bonchev–Trinajstić information content (AvgIpc) is 3.66. The van der Waals surface area contributed by atoms with E-state index in [1.165, 1.54) is 43.8 Å². The molecule has 0 atom stereocenters. The van der Waals surface area contributed by atoms with Gasteiger partial charge in [0.15, 0.2) is 5.58 Å². The summed E-state index contributed by atoms with van der Waals surface area (Å²) in [5, 5.41) is 7.00. The smallest absolute Gasteiger partial charge is 0.227 e. The number of aromatic nitrogens is 1. The summed E-state index contributed by atoms with van der Waals surface area (Å²) in [6.45, 7) is 0. The van der Waals surface area contributed by atoms with Gasteiger partial charge in [0.05, 0.1) is 5.69 Å². The minimum absolute atomic E-state index is 0.613. The summed E-state index contributed by atoms with van der Waals surface area (Å²) in [7, 11) is 0. The molecular weight excluding hydrogens is 633 g/mol. The molecule has 0 bridgehead atoms. The third-order valence-corrected chi connectivity index (χ3v) is 10.1. The van der Waals surface area contributed by atoms with Gasteiger partial charge < -0.3 is 9.32 Å². The topological polar surface area (TPSA) is 29.3 Å². The molecule has 0 fully saturated rings. The van der Waals surface area contributed by atoms with Gasteiger partial charge in [0.25, 0.3) is 0 Å². The average molecular weight is 665 g/mol. The molecule has 0 saturated heterocycles. The maximum atomic E-state index is 6.50. The van der Waals surface area contributed by atoms with E-state index < -0.39 is 0 Å². The maximum Gasteiger partial charge on any atom is 0.227 e. The van der Waals surface area contributed by atoms with Crippen molar-refractivity contribution in [1.82, 2.24) is 4.98 Å². The highest BCUT2D eigenvalue weighted by molar-refractivity contribution is 6.12. The standard InChI is InChI=1S/C49H32N2O/c1-3-16-35(17-4-1)49-50-46-32-47(43-23-11-12-24-44(43)48(46)52-49)51(38-20-5-2-6-21-38)39-28-29-42(41-25-13-19-34-15-9-10-22-40(34)41)45(31-39)37-27-26-33-14-7-8-18-36(33)30-37/h1-32H. The van der Waals surface area contributed by atoms with Crippen LogP contribution in [0.2, 0.25) is 0 Å². The molecule has 9 aromatic carbocycles. The lowest BCUT2D eigenvalue weighted by Gasteiger charge is -2.28. The first-order chi connectivity index (χ1) is 25.8. The third kappa shape index (κ3) is 5.10. The molecule has 0 spiro atoms. The zero-order valence-corrected chi connectivity index (χ0v) is 28.3. The quantitative estimate of drug-likeness (QED) is 0.177. The van der Waals surface area contributed by atoms with E-state index in [0.29, 0.717) is 5.89 Å². The highest BCUT2D eigenvalue weighted by atomic mass is 16.3. The van der Waals surface area contributed by atoms with Crippen molar-refractivity contribution in [3.05, 3.63) is 194 Å². The summed E-state index contributed by atoms with van der Waals surface area (Å²) in [4.78, 5) is 7.40. The van der Waals surface area contributed by atoms with Gasteiger partial charge in [-0.05, 0) is 92.3 Å². The second kappa shape index (κ2) is 12.4. The van der Waals surface area contributed by atoms with Crippen molar-refractivity contribution in [2.45, 2.75) is 0 Å². The second-order valence-corrected chi connectivity index (χ2v) is 13.2. The first-order valence-electron chi connectivity index (χ1n) is 17.6. The zero-order valence-electron chi connectivity index (χ0n) is 28.3. The van der Waals surface area contributed by atoms with Gasteiger partial charge in [-0.2, -0.15) is 0 Å². The normalized spacial score (nSPS) is 11.5. The second-order valence-electron chi connectivity index (χ2n) is 13.2. The van der Waals surface area contributed by atoms with Crippen molar-refractivity contribution < 1.29 is 4.42 Å². The lowest BCUT2D eigenvalue weighted by molar-refractivity contribution is 0.623. The number of fused-ring (bicyclic) bond motifs is 5. The molecule has 0 saturated carbocycles. The fourth-order valence-electron chi connectivity index (χ4n) is 7.59. The molecule has 52 heavy (non-hydrogen) atoms. The fourth-order valence-corrected chi connectivity index (χ4v) is 7.59. The van der Waals surface area contributed by atoms with E-state index in [1.807, 2.05) is 30.3 Å². The van der Waals surface area contributed by atoms with Gasteiger partial charge in [-0.25, -0.2) is 4.98 Å². The molecule has 0 unspecified atom stereocenters. The lowest BCUT2D eigenvalue weighted by atomic mass is 9.90. The summed E-state index contributed by atoms with van der Waals surface area (Å²) in [6, 6.07) is 68.9. The van der Waals surface area contributed by atoms with Crippen molar-refractivity contribution in [3.63, 3.8) is 0 Å². The molecule has 3 nitrogen and oxygen atoms in total. The number of benzene rings is 9. The fraction of sp³-hybridized carbons (Fsp3) is 0. The van der Waals surface area contributed by atoms with E-state index in [0.717, 1.165) is 44.5 Å². The first kappa shape index (κ1) is 29.9. The summed E-state index contributed by atoms with van der Waals surface area (Å²) in [5.41, 5.74) is 10.4. The van der Waals surface area contributed by atoms with Crippen LogP contribution in [0.15, 0.2) is 199 Å². The Morgan fingerprint density at radius 3 is 1.88 bits per heavy atom. The van der Waals surface area contributed by atoms with Gasteiger partial charge in [0, 0.05) is 27.7 Å². The number of hydrogen-bond donors (Lipinski definition) is 0. The van der Waals surface area contributed by atoms with Crippen LogP contribution in [0.4, 0.5) is 17.1 Å². The van der Waals surface area contributed by atoms with Crippen molar-refractivity contribution in [2.24, 2.45) is 0 Å². The van der Waals surface area contributed by atoms with Gasteiger partial charge in [0.1, 0.15) is 5.52 Å². The molecule has 10 rings (SSSR count). The maximum absolute atomic E-state index is 6.50. The Hall–Kier alpha value is -6.97. The van der Waals surface area contributed by atoms with Crippen LogP contribution in [-0.2, 0) is 0 Å². The molecule has 0 radical (unpaired) electrons. The predicted molar refractivity (Wildman–Crippen MR) is 218 cm³/mol. The van der Waals surface area contributed by atoms with E-state index in [1.54, 1.807) is 0 Å². The van der Waals surface area contributed by atoms with Gasteiger partial charge in [-0.15, -0.1) is 0 Å². The third-order valence-electron chi connectivity index (χ3n) is 10.1. The Balaban J connectivity index is 1.24. The largest absolute Gasteiger partial charge is 0.435 e. The Morgan fingerprint density at radius 2 is 1.06 bits per heavy atom. The van der Waals surface area contributed by atoms with Crippen LogP contribution in [0.5, 0.6) is 0 Å². The SMILES string of the molecule is c1ccc(-c2nc3cc(N(c4ccccc4)c4ccc(-c5cccc6ccccc56)c(-c5ccc6ccccc6c5)c4)c4ccccc4c3o2)cc1. The number of para-hydroxylation sites is 1. The summed E-state index contributed by atoms with van der Waals surface area (Å²) < 4.78 is 6.50. The van der Waals surface area contributed by atoms with Crippen LogP contribution in [0, 0.1) is 0 Å².